The Kier molecular flexibility index (Phi) is 5.97. The maximum Gasteiger partial charge on any atom is 0.254 e. The molecule has 0 aliphatic rings. The van der Waals surface area contributed by atoms with E-state index < -0.39 is 0 Å². The van der Waals surface area contributed by atoms with Gasteiger partial charge in [-0.25, -0.2) is 0 Å². The third-order valence-electron chi connectivity index (χ3n) is 2.04. The Morgan fingerprint density at radius 2 is 2.38 bits per heavy atom. The first-order chi connectivity index (χ1) is 7.69. The lowest BCUT2D eigenvalue weighted by Gasteiger charge is -2.20. The first-order valence-electron chi connectivity index (χ1n) is 4.82. The van der Waals surface area contributed by atoms with Crippen LogP contribution in [0.1, 0.15) is 10.4 Å². The normalized spacial score (nSPS) is 10.4. The second-order valence-corrected chi connectivity index (χ2v) is 5.44. The van der Waals surface area contributed by atoms with Crippen LogP contribution < -0.4 is 0 Å². The van der Waals surface area contributed by atoms with Gasteiger partial charge < -0.3 is 14.7 Å². The Hall–Kier alpha value is -0.430. The molecule has 0 aromatic carbocycles. The lowest BCUT2D eigenvalue weighted by molar-refractivity contribution is 0.0657. The SMILES string of the molecule is COCCN(CCO)C(=O)c1csc(Br)c1. The van der Waals surface area contributed by atoms with E-state index in [9.17, 15) is 4.79 Å². The van der Waals surface area contributed by atoms with Crippen LogP contribution in [0.2, 0.25) is 0 Å². The van der Waals surface area contributed by atoms with Crippen LogP contribution in [-0.2, 0) is 4.74 Å². The summed E-state index contributed by atoms with van der Waals surface area (Å²) >= 11 is 4.78. The number of carbonyl (C=O) groups excluding carboxylic acids is 1. The molecule has 0 radical (unpaired) electrons. The maximum atomic E-state index is 12.0. The van der Waals surface area contributed by atoms with Crippen molar-refractivity contribution < 1.29 is 14.6 Å². The molecule has 1 rings (SSSR count). The van der Waals surface area contributed by atoms with Crippen molar-refractivity contribution in [3.63, 3.8) is 0 Å². The van der Waals surface area contributed by atoms with Crippen LogP contribution in [0.3, 0.4) is 0 Å². The molecule has 0 unspecified atom stereocenters. The number of amides is 1. The number of nitrogens with zero attached hydrogens (tertiary/aromatic N) is 1. The molecule has 90 valence electrons. The molecule has 0 saturated carbocycles. The van der Waals surface area contributed by atoms with Crippen molar-refractivity contribution >= 4 is 33.2 Å². The van der Waals surface area contributed by atoms with Gasteiger partial charge in [-0.1, -0.05) is 0 Å². The van der Waals surface area contributed by atoms with E-state index in [1.165, 1.54) is 11.3 Å². The molecule has 1 amide bonds. The van der Waals surface area contributed by atoms with Gasteiger partial charge in [-0.2, -0.15) is 0 Å². The molecule has 0 aliphatic carbocycles. The average Bonchev–Trinajstić information content (AvgIpc) is 2.70. The molecule has 1 aromatic rings. The minimum Gasteiger partial charge on any atom is -0.395 e. The summed E-state index contributed by atoms with van der Waals surface area (Å²) in [7, 11) is 1.59. The lowest BCUT2D eigenvalue weighted by atomic mass is 10.3. The molecule has 16 heavy (non-hydrogen) atoms. The molecule has 6 heteroatoms. The van der Waals surface area contributed by atoms with Crippen LogP contribution in [0, 0.1) is 0 Å². The van der Waals surface area contributed by atoms with Crippen molar-refractivity contribution in [1.82, 2.24) is 4.90 Å². The van der Waals surface area contributed by atoms with Gasteiger partial charge >= 0.3 is 0 Å². The molecule has 0 atom stereocenters. The molecular formula is C10H14BrNO3S. The summed E-state index contributed by atoms with van der Waals surface area (Å²) in [6.07, 6.45) is 0. The fourth-order valence-electron chi connectivity index (χ4n) is 1.24. The molecule has 1 heterocycles. The van der Waals surface area contributed by atoms with Gasteiger partial charge in [-0.15, -0.1) is 11.3 Å². The van der Waals surface area contributed by atoms with E-state index in [2.05, 4.69) is 15.9 Å². The first kappa shape index (κ1) is 13.6. The average molecular weight is 308 g/mol. The summed E-state index contributed by atoms with van der Waals surface area (Å²) in [6.45, 7) is 1.25. The number of aliphatic hydroxyl groups is 1. The number of aliphatic hydroxyl groups excluding tert-OH is 1. The Bertz CT molecular complexity index is 343. The molecule has 4 nitrogen and oxygen atoms in total. The van der Waals surface area contributed by atoms with Crippen LogP contribution >= 0.6 is 27.3 Å². The monoisotopic (exact) mass is 307 g/mol. The number of halogens is 1. The van der Waals surface area contributed by atoms with Crippen LogP contribution in [0.5, 0.6) is 0 Å². The van der Waals surface area contributed by atoms with Gasteiger partial charge in [0.05, 0.1) is 22.6 Å². The van der Waals surface area contributed by atoms with E-state index in [-0.39, 0.29) is 12.5 Å². The van der Waals surface area contributed by atoms with Crippen LogP contribution in [0.4, 0.5) is 0 Å². The number of hydrogen-bond acceptors (Lipinski definition) is 4. The number of hydrogen-bond donors (Lipinski definition) is 1. The van der Waals surface area contributed by atoms with Gasteiger partial charge in [0.2, 0.25) is 0 Å². The van der Waals surface area contributed by atoms with E-state index in [1.54, 1.807) is 23.5 Å². The highest BCUT2D eigenvalue weighted by atomic mass is 79.9. The highest BCUT2D eigenvalue weighted by Gasteiger charge is 2.16. The van der Waals surface area contributed by atoms with E-state index in [0.717, 1.165) is 3.79 Å². The van der Waals surface area contributed by atoms with Gasteiger partial charge in [-0.05, 0) is 22.0 Å². The van der Waals surface area contributed by atoms with Gasteiger partial charge in [0, 0.05) is 25.6 Å². The molecule has 0 spiro atoms. The summed E-state index contributed by atoms with van der Waals surface area (Å²) < 4.78 is 5.85. The lowest BCUT2D eigenvalue weighted by Crippen LogP contribution is -2.35. The van der Waals surface area contributed by atoms with Crippen molar-refractivity contribution in [2.75, 3.05) is 33.4 Å². The zero-order valence-electron chi connectivity index (χ0n) is 8.98. The summed E-state index contributed by atoms with van der Waals surface area (Å²) in [4.78, 5) is 13.6. The van der Waals surface area contributed by atoms with Crippen LogP contribution in [0.15, 0.2) is 15.2 Å². The van der Waals surface area contributed by atoms with Crippen LogP contribution in [-0.4, -0.2) is 49.3 Å². The van der Waals surface area contributed by atoms with Crippen LogP contribution in [0.25, 0.3) is 0 Å². The standard InChI is InChI=1S/C10H14BrNO3S/c1-15-5-3-12(2-4-13)10(14)8-6-9(11)16-7-8/h6-7,13H,2-5H2,1H3. The minimum absolute atomic E-state index is 0.0409. The molecule has 1 N–H and O–H groups in total. The quantitative estimate of drug-likeness (QED) is 0.868. The predicted octanol–water partition coefficient (Wildman–Crippen LogP) is 1.59. The van der Waals surface area contributed by atoms with E-state index in [1.807, 2.05) is 0 Å². The highest BCUT2D eigenvalue weighted by molar-refractivity contribution is 9.11. The van der Waals surface area contributed by atoms with Gasteiger partial charge in [0.15, 0.2) is 0 Å². The van der Waals surface area contributed by atoms with Crippen molar-refractivity contribution in [3.05, 3.63) is 20.8 Å². The molecule has 0 saturated heterocycles. The Morgan fingerprint density at radius 1 is 1.62 bits per heavy atom. The topological polar surface area (TPSA) is 49.8 Å². The molecular weight excluding hydrogens is 294 g/mol. The first-order valence-corrected chi connectivity index (χ1v) is 6.49. The summed E-state index contributed by atoms with van der Waals surface area (Å²) in [5.41, 5.74) is 0.640. The number of methoxy groups -OCH3 is 1. The zero-order chi connectivity index (χ0) is 12.0. The summed E-state index contributed by atoms with van der Waals surface area (Å²) in [6, 6.07) is 1.78. The van der Waals surface area contributed by atoms with E-state index in [4.69, 9.17) is 9.84 Å². The fraction of sp³-hybridized carbons (Fsp3) is 0.500. The smallest absolute Gasteiger partial charge is 0.254 e. The minimum atomic E-state index is -0.0759. The molecule has 0 aliphatic heterocycles. The largest absolute Gasteiger partial charge is 0.395 e. The molecule has 1 aromatic heterocycles. The highest BCUT2D eigenvalue weighted by Crippen LogP contribution is 2.21. The zero-order valence-corrected chi connectivity index (χ0v) is 11.4. The van der Waals surface area contributed by atoms with Gasteiger partial charge in [-0.3, -0.25) is 4.79 Å². The van der Waals surface area contributed by atoms with E-state index in [0.29, 0.717) is 25.3 Å². The van der Waals surface area contributed by atoms with Crippen molar-refractivity contribution in [2.45, 2.75) is 0 Å². The Morgan fingerprint density at radius 3 is 2.88 bits per heavy atom. The third-order valence-corrected chi connectivity index (χ3v) is 3.54. The third kappa shape index (κ3) is 3.86. The maximum absolute atomic E-state index is 12.0. The number of rotatable bonds is 6. The van der Waals surface area contributed by atoms with Gasteiger partial charge in [0.1, 0.15) is 0 Å². The second kappa shape index (κ2) is 7.01. The second-order valence-electron chi connectivity index (χ2n) is 3.15. The predicted molar refractivity (Wildman–Crippen MR) is 66.9 cm³/mol. The Labute approximate surface area is 107 Å². The van der Waals surface area contributed by atoms with Gasteiger partial charge in [0.25, 0.3) is 5.91 Å². The number of carbonyl (C=O) groups is 1. The fourth-order valence-corrected chi connectivity index (χ4v) is 2.37. The number of ether oxygens (including phenoxy) is 1. The Balaban J connectivity index is 2.66. The summed E-state index contributed by atoms with van der Waals surface area (Å²) in [5, 5.41) is 10.7. The van der Waals surface area contributed by atoms with Crippen molar-refractivity contribution in [3.8, 4) is 0 Å². The molecule has 0 fully saturated rings. The molecule has 0 bridgehead atoms. The number of thiophene rings is 1. The van der Waals surface area contributed by atoms with Crippen molar-refractivity contribution in [2.24, 2.45) is 0 Å². The van der Waals surface area contributed by atoms with Crippen molar-refractivity contribution in [1.29, 1.82) is 0 Å². The van der Waals surface area contributed by atoms with E-state index >= 15 is 0 Å². The summed E-state index contributed by atoms with van der Waals surface area (Å²) in [5.74, 6) is -0.0759.